The normalized spacial score (nSPS) is 11.3. The monoisotopic (exact) mass is 342 g/mol. The van der Waals surface area contributed by atoms with Crippen LogP contribution in [-0.2, 0) is 9.53 Å². The van der Waals surface area contributed by atoms with Gasteiger partial charge < -0.3 is 9.84 Å². The summed E-state index contributed by atoms with van der Waals surface area (Å²) in [7, 11) is 0. The Morgan fingerprint density at radius 2 is 1.23 bits per heavy atom. The molecule has 0 aliphatic carbocycles. The van der Waals surface area contributed by atoms with Crippen LogP contribution >= 0.6 is 0 Å². The molecule has 0 radical (unpaired) electrons. The van der Waals surface area contributed by atoms with Crippen LogP contribution in [0.2, 0.25) is 0 Å². The van der Waals surface area contributed by atoms with E-state index in [0.717, 1.165) is 16.7 Å². The third-order valence-corrected chi connectivity index (χ3v) is 3.79. The Hall–Kier alpha value is -3.35. The fourth-order valence-corrected chi connectivity index (χ4v) is 2.50. The van der Waals surface area contributed by atoms with E-state index in [1.54, 1.807) is 0 Å². The van der Waals surface area contributed by atoms with Crippen LogP contribution in [0.5, 0.6) is 0 Å². The van der Waals surface area contributed by atoms with Crippen molar-refractivity contribution in [1.82, 2.24) is 0 Å². The zero-order valence-electron chi connectivity index (χ0n) is 14.1. The lowest BCUT2D eigenvalue weighted by Gasteiger charge is -2.19. The van der Waals surface area contributed by atoms with Crippen molar-refractivity contribution in [2.45, 2.75) is 12.2 Å². The summed E-state index contributed by atoms with van der Waals surface area (Å²) in [5.41, 5.74) is 2.38. The van der Waals surface area contributed by atoms with Crippen LogP contribution in [0.25, 0.3) is 0 Å². The van der Waals surface area contributed by atoms with Crippen molar-refractivity contribution in [3.63, 3.8) is 0 Å². The van der Waals surface area contributed by atoms with Gasteiger partial charge in [-0.25, -0.2) is 4.79 Å². The van der Waals surface area contributed by atoms with Gasteiger partial charge >= 0.3 is 5.97 Å². The topological polar surface area (TPSA) is 46.5 Å². The van der Waals surface area contributed by atoms with Crippen LogP contribution in [0.15, 0.2) is 91.0 Å². The van der Waals surface area contributed by atoms with Crippen LogP contribution in [0.3, 0.4) is 0 Å². The molecule has 0 aliphatic heterocycles. The number of rotatable bonds is 4. The van der Waals surface area contributed by atoms with E-state index in [0.29, 0.717) is 0 Å². The number of hydrogen-bond donors (Lipinski definition) is 1. The van der Waals surface area contributed by atoms with Crippen LogP contribution in [0, 0.1) is 11.8 Å². The molecular weight excluding hydrogens is 324 g/mol. The van der Waals surface area contributed by atoms with Crippen LogP contribution in [0.4, 0.5) is 0 Å². The zero-order valence-corrected chi connectivity index (χ0v) is 14.1. The Balaban J connectivity index is 1.79. The van der Waals surface area contributed by atoms with Crippen molar-refractivity contribution in [2.24, 2.45) is 0 Å². The van der Waals surface area contributed by atoms with Gasteiger partial charge in [-0.15, -0.1) is 0 Å². The van der Waals surface area contributed by atoms with Crippen LogP contribution in [-0.4, -0.2) is 17.2 Å². The summed E-state index contributed by atoms with van der Waals surface area (Å²) < 4.78 is 5.58. The summed E-state index contributed by atoms with van der Waals surface area (Å²) in [6.07, 6.45) is -2.11. The fraction of sp³-hybridized carbons (Fsp3) is 0.0870. The molecule has 1 N–H and O–H groups in total. The molecule has 3 heteroatoms. The molecule has 1 atom stereocenters. The molecule has 0 aliphatic rings. The molecular formula is C23H18O3. The predicted octanol–water partition coefficient (Wildman–Crippen LogP) is 3.73. The van der Waals surface area contributed by atoms with Crippen molar-refractivity contribution in [3.05, 3.63) is 108 Å². The summed E-state index contributed by atoms with van der Waals surface area (Å²) >= 11 is 0. The largest absolute Gasteiger partial charge is 0.450 e. The number of esters is 1. The second-order valence-electron chi connectivity index (χ2n) is 5.68. The second kappa shape index (κ2) is 8.66. The Kier molecular flexibility index (Phi) is 5.82. The highest BCUT2D eigenvalue weighted by Crippen LogP contribution is 2.26. The van der Waals surface area contributed by atoms with Gasteiger partial charge in [-0.05, 0) is 23.3 Å². The van der Waals surface area contributed by atoms with E-state index >= 15 is 0 Å². The van der Waals surface area contributed by atoms with Crippen LogP contribution < -0.4 is 0 Å². The van der Waals surface area contributed by atoms with Gasteiger partial charge in [0.05, 0.1) is 0 Å². The first-order valence-corrected chi connectivity index (χ1v) is 8.29. The lowest BCUT2D eigenvalue weighted by atomic mass is 10.0. The van der Waals surface area contributed by atoms with Crippen molar-refractivity contribution >= 4 is 5.97 Å². The molecule has 0 fully saturated rings. The first kappa shape index (κ1) is 17.5. The highest BCUT2D eigenvalue weighted by Gasteiger charge is 2.22. The zero-order chi connectivity index (χ0) is 18.2. The van der Waals surface area contributed by atoms with Crippen LogP contribution in [0.1, 0.15) is 22.8 Å². The Bertz CT molecular complexity index is 854. The molecule has 0 spiro atoms. The maximum Gasteiger partial charge on any atom is 0.348 e. The number of hydrogen-bond acceptors (Lipinski definition) is 3. The highest BCUT2D eigenvalue weighted by molar-refractivity contribution is 5.78. The molecule has 26 heavy (non-hydrogen) atoms. The maximum absolute atomic E-state index is 12.3. The first-order valence-electron chi connectivity index (χ1n) is 8.29. The standard InChI is InChI=1S/C23H18O3/c24-21(17-16-18-10-4-1-5-11-18)23(25)26-22(19-12-6-2-7-13-19)20-14-8-3-9-15-20/h1-15,21-22,24H. The van der Waals surface area contributed by atoms with Crippen molar-refractivity contribution < 1.29 is 14.6 Å². The molecule has 0 aromatic heterocycles. The number of carbonyl (C=O) groups is 1. The van der Waals surface area contributed by atoms with Crippen molar-refractivity contribution in [3.8, 4) is 11.8 Å². The van der Waals surface area contributed by atoms with E-state index in [9.17, 15) is 9.90 Å². The van der Waals surface area contributed by atoms with E-state index in [1.807, 2.05) is 91.0 Å². The first-order chi connectivity index (χ1) is 12.7. The third kappa shape index (κ3) is 4.60. The average Bonchev–Trinajstić information content (AvgIpc) is 2.72. The number of aliphatic hydroxyl groups excluding tert-OH is 1. The van der Waals surface area contributed by atoms with Crippen molar-refractivity contribution in [2.75, 3.05) is 0 Å². The average molecular weight is 342 g/mol. The number of aliphatic hydroxyl groups is 1. The minimum atomic E-state index is -1.51. The summed E-state index contributed by atoms with van der Waals surface area (Å²) in [6.45, 7) is 0. The summed E-state index contributed by atoms with van der Waals surface area (Å²) in [5.74, 6) is 4.54. The summed E-state index contributed by atoms with van der Waals surface area (Å²) in [6, 6.07) is 28.0. The van der Waals surface area contributed by atoms with Gasteiger partial charge in [0.25, 0.3) is 0 Å². The van der Waals surface area contributed by atoms with E-state index in [2.05, 4.69) is 11.8 Å². The molecule has 0 heterocycles. The Labute approximate surface area is 152 Å². The van der Waals surface area contributed by atoms with E-state index in [-0.39, 0.29) is 0 Å². The smallest absolute Gasteiger partial charge is 0.348 e. The minimum absolute atomic E-state index is 0.599. The van der Waals surface area contributed by atoms with Gasteiger partial charge in [0.1, 0.15) is 0 Å². The van der Waals surface area contributed by atoms with E-state index in [4.69, 9.17) is 4.74 Å². The number of carbonyl (C=O) groups excluding carboxylic acids is 1. The Morgan fingerprint density at radius 3 is 1.73 bits per heavy atom. The fourth-order valence-electron chi connectivity index (χ4n) is 2.50. The molecule has 3 aromatic rings. The van der Waals surface area contributed by atoms with Gasteiger partial charge in [0, 0.05) is 5.56 Å². The number of ether oxygens (including phenoxy) is 1. The maximum atomic E-state index is 12.3. The molecule has 0 saturated carbocycles. The third-order valence-electron chi connectivity index (χ3n) is 3.79. The van der Waals surface area contributed by atoms with E-state index in [1.165, 1.54) is 0 Å². The lowest BCUT2D eigenvalue weighted by molar-refractivity contribution is -0.154. The molecule has 0 bridgehead atoms. The minimum Gasteiger partial charge on any atom is -0.450 e. The molecule has 128 valence electrons. The summed E-state index contributed by atoms with van der Waals surface area (Å²) in [5, 5.41) is 10.1. The second-order valence-corrected chi connectivity index (χ2v) is 5.68. The SMILES string of the molecule is O=C(OC(c1ccccc1)c1ccccc1)C(O)C#Cc1ccccc1. The molecule has 1 unspecified atom stereocenters. The molecule has 0 amide bonds. The molecule has 0 saturated heterocycles. The van der Waals surface area contributed by atoms with Gasteiger partial charge in [0.2, 0.25) is 6.10 Å². The number of benzene rings is 3. The van der Waals surface area contributed by atoms with E-state index < -0.39 is 18.2 Å². The summed E-state index contributed by atoms with van der Waals surface area (Å²) in [4.78, 5) is 12.3. The lowest BCUT2D eigenvalue weighted by Crippen LogP contribution is -2.24. The van der Waals surface area contributed by atoms with Gasteiger partial charge in [0.15, 0.2) is 6.10 Å². The molecule has 3 nitrogen and oxygen atoms in total. The van der Waals surface area contributed by atoms with Gasteiger partial charge in [-0.1, -0.05) is 90.7 Å². The van der Waals surface area contributed by atoms with Gasteiger partial charge in [-0.3, -0.25) is 0 Å². The predicted molar refractivity (Wildman–Crippen MR) is 100 cm³/mol. The highest BCUT2D eigenvalue weighted by atomic mass is 16.6. The van der Waals surface area contributed by atoms with Gasteiger partial charge in [-0.2, -0.15) is 0 Å². The molecule has 3 rings (SSSR count). The molecule has 3 aromatic carbocycles. The van der Waals surface area contributed by atoms with Crippen molar-refractivity contribution in [1.29, 1.82) is 0 Å². The Morgan fingerprint density at radius 1 is 0.769 bits per heavy atom. The quantitative estimate of drug-likeness (QED) is 0.580.